The van der Waals surface area contributed by atoms with Crippen molar-refractivity contribution in [2.24, 2.45) is 0 Å². The van der Waals surface area contributed by atoms with Gasteiger partial charge in [-0.25, -0.2) is 0 Å². The molecule has 1 aromatic carbocycles. The molecule has 0 saturated heterocycles. The van der Waals surface area contributed by atoms with Gasteiger partial charge in [-0.3, -0.25) is 60.7 Å². The Labute approximate surface area is 138 Å². The number of nitro benzene ring substituents is 2. The van der Waals surface area contributed by atoms with E-state index in [1.54, 1.807) is 0 Å². The smallest absolute Gasteiger partial charge is 0.258 e. The predicted octanol–water partition coefficient (Wildman–Crippen LogP) is 0.285. The van der Waals surface area contributed by atoms with Crippen molar-refractivity contribution in [2.45, 2.75) is 0 Å². The van der Waals surface area contributed by atoms with Gasteiger partial charge in [0.25, 0.3) is 11.4 Å². The standard InChI is InChI=1S/C8H2N6O12/c15-9(16)5-2-6(10(17)18)4(8(13(23)24)14(25)26)1-3(5)7(11(19)20)12(21)22/h1-2H. The lowest BCUT2D eigenvalue weighted by Crippen LogP contribution is -2.25. The van der Waals surface area contributed by atoms with Crippen molar-refractivity contribution in [3.8, 4) is 0 Å². The number of nitro groups is 6. The first-order valence-corrected chi connectivity index (χ1v) is 5.69. The van der Waals surface area contributed by atoms with E-state index in [1.807, 2.05) is 0 Å². The Bertz CT molecular complexity index is 757. The van der Waals surface area contributed by atoms with Gasteiger partial charge in [-0.1, -0.05) is 0 Å². The molecule has 0 aliphatic heterocycles. The Morgan fingerprint density at radius 1 is 0.538 bits per heavy atom. The number of hydrogen-bond acceptors (Lipinski definition) is 12. The molecule has 0 bridgehead atoms. The van der Waals surface area contributed by atoms with Crippen molar-refractivity contribution in [3.63, 3.8) is 0 Å². The number of benzene rings is 1. The summed E-state index contributed by atoms with van der Waals surface area (Å²) in [6, 6.07) is -0.164. The van der Waals surface area contributed by atoms with Crippen LogP contribution in [0.2, 0.25) is 0 Å². The van der Waals surface area contributed by atoms with E-state index < -0.39 is 64.4 Å². The Kier molecular flexibility index (Phi) is 5.31. The molecule has 0 spiro atoms. The van der Waals surface area contributed by atoms with E-state index >= 15 is 0 Å². The van der Waals surface area contributed by atoms with E-state index in [2.05, 4.69) is 0 Å². The van der Waals surface area contributed by atoms with Gasteiger partial charge in [0, 0.05) is 0 Å². The molecule has 0 amide bonds. The Morgan fingerprint density at radius 2 is 0.808 bits per heavy atom. The molecule has 2 radical (unpaired) electrons. The molecule has 0 unspecified atom stereocenters. The minimum Gasteiger partial charge on any atom is -0.258 e. The third-order valence-electron chi connectivity index (χ3n) is 2.68. The van der Waals surface area contributed by atoms with Crippen LogP contribution in [-0.2, 0) is 0 Å². The highest BCUT2D eigenvalue weighted by molar-refractivity contribution is 5.59. The SMILES string of the molecule is O=[N+]([O-])[C](c1cc([C]([N+](=O)[O-])[N+](=O)[O-])c([N+](=O)[O-])cc1[N+](=O)[O-])[N+](=O)[O-]. The van der Waals surface area contributed by atoms with Gasteiger partial charge in [-0.05, 0) is 6.07 Å². The maximum atomic E-state index is 10.9. The molecule has 18 nitrogen and oxygen atoms in total. The van der Waals surface area contributed by atoms with Gasteiger partial charge in [0.05, 0.1) is 15.9 Å². The Balaban J connectivity index is 3.99. The zero-order valence-corrected chi connectivity index (χ0v) is 11.7. The van der Waals surface area contributed by atoms with Crippen molar-refractivity contribution >= 4 is 11.4 Å². The van der Waals surface area contributed by atoms with Gasteiger partial charge in [-0.15, -0.1) is 0 Å². The summed E-state index contributed by atoms with van der Waals surface area (Å²) in [5, 5.41) is 65.0. The van der Waals surface area contributed by atoms with Crippen molar-refractivity contribution in [1.82, 2.24) is 0 Å². The molecule has 1 aromatic rings. The zero-order chi connectivity index (χ0) is 20.3. The topological polar surface area (TPSA) is 259 Å². The third kappa shape index (κ3) is 3.58. The molecular weight excluding hydrogens is 372 g/mol. The molecular formula is C8H2N6O12. The van der Waals surface area contributed by atoms with Gasteiger partial charge in [-0.2, -0.15) is 0 Å². The van der Waals surface area contributed by atoms with Crippen molar-refractivity contribution in [3.05, 3.63) is 96.3 Å². The molecule has 0 fully saturated rings. The van der Waals surface area contributed by atoms with Gasteiger partial charge in [0.15, 0.2) is 0 Å². The zero-order valence-electron chi connectivity index (χ0n) is 11.7. The van der Waals surface area contributed by atoms with Gasteiger partial charge < -0.3 is 0 Å². The summed E-state index contributed by atoms with van der Waals surface area (Å²) in [6.07, 6.45) is -4.11. The van der Waals surface area contributed by atoms with Crippen LogP contribution < -0.4 is 0 Å². The van der Waals surface area contributed by atoms with Crippen molar-refractivity contribution < 1.29 is 29.5 Å². The second-order valence-electron chi connectivity index (χ2n) is 4.08. The quantitative estimate of drug-likeness (QED) is 0.438. The van der Waals surface area contributed by atoms with Crippen LogP contribution in [0, 0.1) is 73.0 Å². The number of hydrogen-bond donors (Lipinski definition) is 0. The van der Waals surface area contributed by atoms with Crippen LogP contribution in [0.4, 0.5) is 11.4 Å². The molecule has 0 atom stereocenters. The average molecular weight is 374 g/mol. The highest BCUT2D eigenvalue weighted by Gasteiger charge is 2.54. The van der Waals surface area contributed by atoms with Crippen LogP contribution in [0.3, 0.4) is 0 Å². The van der Waals surface area contributed by atoms with E-state index in [4.69, 9.17) is 0 Å². The maximum absolute atomic E-state index is 10.9. The lowest BCUT2D eigenvalue weighted by Gasteiger charge is -2.04. The summed E-state index contributed by atoms with van der Waals surface area (Å²) < 4.78 is 0. The van der Waals surface area contributed by atoms with Crippen LogP contribution in [0.1, 0.15) is 11.1 Å². The average Bonchev–Trinajstić information content (AvgIpc) is 2.44. The van der Waals surface area contributed by atoms with Gasteiger partial charge >= 0.3 is 12.3 Å². The minimum absolute atomic E-state index is 0.0787. The lowest BCUT2D eigenvalue weighted by atomic mass is 10.0. The first-order valence-electron chi connectivity index (χ1n) is 5.69. The van der Waals surface area contributed by atoms with E-state index in [0.717, 1.165) is 0 Å². The fraction of sp³-hybridized carbons (Fsp3) is 0. The largest absolute Gasteiger partial charge is 0.633 e. The van der Waals surface area contributed by atoms with Crippen LogP contribution >= 0.6 is 0 Å². The maximum Gasteiger partial charge on any atom is 0.633 e. The summed E-state index contributed by atoms with van der Waals surface area (Å²) in [5.41, 5.74) is -6.02. The molecule has 136 valence electrons. The summed E-state index contributed by atoms with van der Waals surface area (Å²) in [4.78, 5) is 55.3. The van der Waals surface area contributed by atoms with E-state index in [0.29, 0.717) is 0 Å². The highest BCUT2D eigenvalue weighted by Crippen LogP contribution is 2.37. The third-order valence-corrected chi connectivity index (χ3v) is 2.68. The number of nitrogens with zero attached hydrogens (tertiary/aromatic N) is 6. The van der Waals surface area contributed by atoms with E-state index in [-0.39, 0.29) is 12.1 Å². The molecule has 0 N–H and O–H groups in total. The molecule has 0 aliphatic rings. The van der Waals surface area contributed by atoms with Crippen LogP contribution in [0.15, 0.2) is 12.1 Å². The fourth-order valence-corrected chi connectivity index (χ4v) is 1.76. The molecule has 26 heavy (non-hydrogen) atoms. The summed E-state index contributed by atoms with van der Waals surface area (Å²) in [7, 11) is 0. The summed E-state index contributed by atoms with van der Waals surface area (Å²) in [6.45, 7) is 0. The van der Waals surface area contributed by atoms with Crippen molar-refractivity contribution in [2.75, 3.05) is 0 Å². The Hall–Kier alpha value is -4.38. The van der Waals surface area contributed by atoms with Crippen LogP contribution in [0.5, 0.6) is 0 Å². The normalized spacial score (nSPS) is 10.5. The molecule has 18 heteroatoms. The molecule has 0 aliphatic carbocycles. The fourth-order valence-electron chi connectivity index (χ4n) is 1.76. The highest BCUT2D eigenvalue weighted by atomic mass is 16.7. The lowest BCUT2D eigenvalue weighted by molar-refractivity contribution is -0.662. The second kappa shape index (κ2) is 7.02. The van der Waals surface area contributed by atoms with E-state index in [1.165, 1.54) is 0 Å². The van der Waals surface area contributed by atoms with E-state index in [9.17, 15) is 60.7 Å². The molecule has 1 rings (SSSR count). The van der Waals surface area contributed by atoms with Gasteiger partial charge in [0.2, 0.25) is 11.1 Å². The first-order chi connectivity index (χ1) is 11.9. The molecule has 0 saturated carbocycles. The second-order valence-corrected chi connectivity index (χ2v) is 4.08. The summed E-state index contributed by atoms with van der Waals surface area (Å²) in [5.74, 6) is 0. The molecule has 0 aromatic heterocycles. The predicted molar refractivity (Wildman–Crippen MR) is 72.4 cm³/mol. The van der Waals surface area contributed by atoms with Crippen molar-refractivity contribution in [1.29, 1.82) is 0 Å². The Morgan fingerprint density at radius 3 is 1.00 bits per heavy atom. The molecule has 0 heterocycles. The number of rotatable bonds is 8. The van der Waals surface area contributed by atoms with Crippen LogP contribution in [0.25, 0.3) is 0 Å². The van der Waals surface area contributed by atoms with Gasteiger partial charge in [0.1, 0.15) is 19.7 Å². The summed E-state index contributed by atoms with van der Waals surface area (Å²) >= 11 is 0. The monoisotopic (exact) mass is 374 g/mol. The first kappa shape index (κ1) is 19.7. The van der Waals surface area contributed by atoms with Crippen LogP contribution in [-0.4, -0.2) is 29.5 Å². The minimum atomic E-state index is -2.06.